The van der Waals surface area contributed by atoms with Gasteiger partial charge in [0.15, 0.2) is 5.16 Å². The SMILES string of the molecule is CSc1nc(-c2cccc(NCC(=O)NCc3cn(CCN=[N+]=[N-])nn3)c2)c2c(N)c(C(=O)NC(C)(C)C)sc2n1. The monoisotopic (exact) mass is 594 g/mol. The fourth-order valence-corrected chi connectivity index (χ4v) is 5.21. The van der Waals surface area contributed by atoms with Gasteiger partial charge in [-0.2, -0.15) is 0 Å². The van der Waals surface area contributed by atoms with E-state index in [-0.39, 0.29) is 31.4 Å². The van der Waals surface area contributed by atoms with Crippen LogP contribution in [-0.2, 0) is 17.9 Å². The molecule has 41 heavy (non-hydrogen) atoms. The number of anilines is 2. The van der Waals surface area contributed by atoms with Crippen molar-refractivity contribution in [1.82, 2.24) is 35.6 Å². The lowest BCUT2D eigenvalue weighted by Crippen LogP contribution is -2.40. The van der Waals surface area contributed by atoms with Crippen LogP contribution >= 0.6 is 23.1 Å². The first kappa shape index (κ1) is 29.6. The van der Waals surface area contributed by atoms with Gasteiger partial charge in [-0.1, -0.05) is 34.2 Å². The fraction of sp³-hybridized carbons (Fsp3) is 0.360. The largest absolute Gasteiger partial charge is 0.397 e. The molecule has 0 aliphatic carbocycles. The minimum atomic E-state index is -0.419. The molecule has 0 unspecified atom stereocenters. The molecule has 16 heteroatoms. The van der Waals surface area contributed by atoms with E-state index < -0.39 is 5.54 Å². The Balaban J connectivity index is 1.48. The molecule has 0 radical (unpaired) electrons. The van der Waals surface area contributed by atoms with Gasteiger partial charge >= 0.3 is 0 Å². The summed E-state index contributed by atoms with van der Waals surface area (Å²) in [5.74, 6) is -0.489. The Morgan fingerprint density at radius 1 is 1.27 bits per heavy atom. The number of azide groups is 1. The van der Waals surface area contributed by atoms with Crippen molar-refractivity contribution < 1.29 is 9.59 Å². The molecule has 0 atom stereocenters. The number of nitrogen functional groups attached to an aromatic ring is 1. The lowest BCUT2D eigenvalue weighted by atomic mass is 10.1. The topological polar surface area (TPSA) is 202 Å². The molecule has 3 heterocycles. The van der Waals surface area contributed by atoms with E-state index in [9.17, 15) is 9.59 Å². The first-order chi connectivity index (χ1) is 19.6. The maximum atomic E-state index is 12.9. The van der Waals surface area contributed by atoms with Crippen molar-refractivity contribution in [1.29, 1.82) is 0 Å². The van der Waals surface area contributed by atoms with E-state index in [0.717, 1.165) is 5.56 Å². The molecule has 0 fully saturated rings. The smallest absolute Gasteiger partial charge is 0.263 e. The van der Waals surface area contributed by atoms with Crippen molar-refractivity contribution in [3.8, 4) is 11.3 Å². The predicted molar refractivity (Wildman–Crippen MR) is 161 cm³/mol. The molecule has 0 aliphatic rings. The molecule has 14 nitrogen and oxygen atoms in total. The molecular weight excluding hydrogens is 564 g/mol. The quantitative estimate of drug-likeness (QED) is 0.0654. The average Bonchev–Trinajstić information content (AvgIpc) is 3.53. The van der Waals surface area contributed by atoms with E-state index in [0.29, 0.717) is 49.6 Å². The first-order valence-electron chi connectivity index (χ1n) is 12.6. The minimum absolute atomic E-state index is 0.0292. The molecule has 4 aromatic rings. The molecule has 0 bridgehead atoms. The van der Waals surface area contributed by atoms with Crippen LogP contribution in [0.4, 0.5) is 11.4 Å². The van der Waals surface area contributed by atoms with Gasteiger partial charge in [-0.05, 0) is 44.7 Å². The van der Waals surface area contributed by atoms with Crippen molar-refractivity contribution in [2.45, 2.75) is 44.6 Å². The standard InChI is InChI=1S/C25H30N12O2S2/c1-25(2,3)33-22(39)21-19(26)18-20(31-24(40-4)32-23(18)41-21)14-6-5-7-15(10-14)28-12-17(38)29-11-16-13-37(36-34-16)9-8-30-35-27/h5-7,10,13,28H,8-9,11-12,26H2,1-4H3,(H,29,38)(H,33,39). The summed E-state index contributed by atoms with van der Waals surface area (Å²) in [4.78, 5) is 38.5. The number of fused-ring (bicyclic) bond motifs is 1. The number of thioether (sulfide) groups is 1. The summed E-state index contributed by atoms with van der Waals surface area (Å²) in [6, 6.07) is 7.47. The van der Waals surface area contributed by atoms with Gasteiger partial charge in [0.1, 0.15) is 15.4 Å². The van der Waals surface area contributed by atoms with Gasteiger partial charge in [0.2, 0.25) is 5.91 Å². The Kier molecular flexibility index (Phi) is 9.27. The molecule has 4 rings (SSSR count). The average molecular weight is 595 g/mol. The highest BCUT2D eigenvalue weighted by Gasteiger charge is 2.24. The summed E-state index contributed by atoms with van der Waals surface area (Å²) in [5.41, 5.74) is 17.4. The van der Waals surface area contributed by atoms with Crippen molar-refractivity contribution in [3.05, 3.63) is 51.5 Å². The van der Waals surface area contributed by atoms with Gasteiger partial charge in [0.25, 0.3) is 5.91 Å². The number of nitrogens with one attached hydrogen (secondary N) is 3. The van der Waals surface area contributed by atoms with E-state index in [1.54, 1.807) is 10.9 Å². The summed E-state index contributed by atoms with van der Waals surface area (Å²) in [6.45, 7) is 6.63. The second-order valence-corrected chi connectivity index (χ2v) is 11.7. The summed E-state index contributed by atoms with van der Waals surface area (Å²) in [7, 11) is 0. The summed E-state index contributed by atoms with van der Waals surface area (Å²) >= 11 is 2.64. The van der Waals surface area contributed by atoms with E-state index in [1.165, 1.54) is 23.1 Å². The van der Waals surface area contributed by atoms with Gasteiger partial charge in [0.05, 0.1) is 36.1 Å². The molecule has 0 saturated carbocycles. The number of carbonyl (C=O) groups excluding carboxylic acids is 2. The maximum absolute atomic E-state index is 12.9. The zero-order valence-electron chi connectivity index (χ0n) is 23.0. The van der Waals surface area contributed by atoms with Crippen molar-refractivity contribution in [2.75, 3.05) is 30.4 Å². The van der Waals surface area contributed by atoms with Crippen LogP contribution in [0.2, 0.25) is 0 Å². The Hall–Kier alpha value is -4.40. The number of aromatic nitrogens is 5. The van der Waals surface area contributed by atoms with Crippen LogP contribution in [0.5, 0.6) is 0 Å². The third-order valence-corrected chi connectivity index (χ3v) is 7.23. The molecule has 0 spiro atoms. The van der Waals surface area contributed by atoms with Crippen LogP contribution < -0.4 is 21.7 Å². The molecule has 3 aromatic heterocycles. The number of thiophene rings is 1. The number of nitrogens with zero attached hydrogens (tertiary/aromatic N) is 8. The molecule has 5 N–H and O–H groups in total. The predicted octanol–water partition coefficient (Wildman–Crippen LogP) is 3.82. The summed E-state index contributed by atoms with van der Waals surface area (Å²) < 4.78 is 1.55. The number of amides is 2. The highest BCUT2D eigenvalue weighted by molar-refractivity contribution is 7.98. The number of hydrogen-bond donors (Lipinski definition) is 4. The van der Waals surface area contributed by atoms with Gasteiger partial charge in [-0.15, -0.1) is 16.4 Å². The van der Waals surface area contributed by atoms with Crippen molar-refractivity contribution >= 4 is 56.5 Å². The van der Waals surface area contributed by atoms with Crippen molar-refractivity contribution in [3.63, 3.8) is 0 Å². The minimum Gasteiger partial charge on any atom is -0.397 e. The Bertz CT molecular complexity index is 1620. The van der Waals surface area contributed by atoms with E-state index in [2.05, 4.69) is 41.3 Å². The second-order valence-electron chi connectivity index (χ2n) is 9.93. The van der Waals surface area contributed by atoms with E-state index >= 15 is 0 Å². The van der Waals surface area contributed by atoms with E-state index in [4.69, 9.17) is 16.2 Å². The molecule has 2 amide bonds. The second kappa shape index (κ2) is 12.8. The van der Waals surface area contributed by atoms with Crippen LogP contribution in [-0.4, -0.2) is 61.7 Å². The molecule has 214 valence electrons. The lowest BCUT2D eigenvalue weighted by molar-refractivity contribution is -0.119. The molecule has 0 saturated heterocycles. The number of rotatable bonds is 11. The number of hydrogen-bond acceptors (Lipinski definition) is 11. The van der Waals surface area contributed by atoms with Crippen LogP contribution in [0.15, 0.2) is 40.7 Å². The normalized spacial score (nSPS) is 11.2. The zero-order valence-corrected chi connectivity index (χ0v) is 24.6. The van der Waals surface area contributed by atoms with Crippen LogP contribution in [0.1, 0.15) is 36.1 Å². The van der Waals surface area contributed by atoms with Crippen LogP contribution in [0.3, 0.4) is 0 Å². The molecule has 0 aliphatic heterocycles. The Morgan fingerprint density at radius 2 is 2.07 bits per heavy atom. The van der Waals surface area contributed by atoms with Crippen LogP contribution in [0.25, 0.3) is 31.9 Å². The third kappa shape index (κ3) is 7.63. The highest BCUT2D eigenvalue weighted by Crippen LogP contribution is 2.39. The number of nitrogens with two attached hydrogens (primary N) is 1. The van der Waals surface area contributed by atoms with Crippen molar-refractivity contribution in [2.24, 2.45) is 5.11 Å². The van der Waals surface area contributed by atoms with Crippen LogP contribution in [0, 0.1) is 0 Å². The van der Waals surface area contributed by atoms with Gasteiger partial charge in [0, 0.05) is 34.8 Å². The van der Waals surface area contributed by atoms with Gasteiger partial charge < -0.3 is 21.7 Å². The molecule has 1 aromatic carbocycles. The Labute approximate surface area is 244 Å². The maximum Gasteiger partial charge on any atom is 0.263 e. The fourth-order valence-electron chi connectivity index (χ4n) is 3.80. The Morgan fingerprint density at radius 3 is 2.80 bits per heavy atom. The zero-order chi connectivity index (χ0) is 29.6. The number of benzene rings is 1. The number of carbonyl (C=O) groups is 2. The highest BCUT2D eigenvalue weighted by atomic mass is 32.2. The van der Waals surface area contributed by atoms with Gasteiger partial charge in [-0.3, -0.25) is 14.3 Å². The third-order valence-electron chi connectivity index (χ3n) is 5.58. The first-order valence-corrected chi connectivity index (χ1v) is 14.6. The summed E-state index contributed by atoms with van der Waals surface area (Å²) in [5, 5.41) is 21.5. The van der Waals surface area contributed by atoms with Gasteiger partial charge in [-0.25, -0.2) is 9.97 Å². The summed E-state index contributed by atoms with van der Waals surface area (Å²) in [6.07, 6.45) is 3.57. The molecular formula is C25H30N12O2S2. The van der Waals surface area contributed by atoms with E-state index in [1.807, 2.05) is 51.3 Å². The lowest BCUT2D eigenvalue weighted by Gasteiger charge is -2.20.